The fraction of sp³-hybridized carbons (Fsp3) is 0.643. The van der Waals surface area contributed by atoms with Gasteiger partial charge in [0, 0.05) is 0 Å². The highest BCUT2D eigenvalue weighted by molar-refractivity contribution is 6.17. The highest BCUT2D eigenvalue weighted by Gasteiger charge is 2.46. The van der Waals surface area contributed by atoms with E-state index in [2.05, 4.69) is 4.99 Å². The van der Waals surface area contributed by atoms with Crippen molar-refractivity contribution in [2.45, 2.75) is 38.2 Å². The van der Waals surface area contributed by atoms with Gasteiger partial charge < -0.3 is 19.7 Å². The zero-order chi connectivity index (χ0) is 15.5. The number of ketones is 1. The van der Waals surface area contributed by atoms with Gasteiger partial charge in [-0.3, -0.25) is 4.79 Å². The van der Waals surface area contributed by atoms with Crippen LogP contribution in [-0.4, -0.2) is 53.1 Å². The second kappa shape index (κ2) is 6.36. The molecular formula is C14H19NO6. The van der Waals surface area contributed by atoms with E-state index >= 15 is 0 Å². The molecule has 2 N–H and O–H groups in total. The zero-order valence-corrected chi connectivity index (χ0v) is 11.9. The molecule has 0 saturated heterocycles. The van der Waals surface area contributed by atoms with Gasteiger partial charge in [-0.2, -0.15) is 0 Å². The van der Waals surface area contributed by atoms with Gasteiger partial charge >= 0.3 is 5.97 Å². The Kier molecular flexibility index (Phi) is 4.74. The van der Waals surface area contributed by atoms with Gasteiger partial charge in [0.15, 0.2) is 11.5 Å². The van der Waals surface area contributed by atoms with Crippen LogP contribution >= 0.6 is 0 Å². The molecular weight excluding hydrogens is 278 g/mol. The fourth-order valence-electron chi connectivity index (χ4n) is 2.46. The molecule has 1 aliphatic carbocycles. The molecule has 1 fully saturated rings. The third kappa shape index (κ3) is 2.98. The first-order valence-electron chi connectivity index (χ1n) is 7.00. The molecule has 2 aliphatic rings. The summed E-state index contributed by atoms with van der Waals surface area (Å²) in [6, 6.07) is 0. The molecule has 116 valence electrons. The zero-order valence-electron chi connectivity index (χ0n) is 11.9. The van der Waals surface area contributed by atoms with Gasteiger partial charge in [-0.1, -0.05) is 0 Å². The van der Waals surface area contributed by atoms with Crippen LogP contribution < -0.4 is 0 Å². The minimum absolute atomic E-state index is 0.0832. The molecule has 2 rings (SSSR count). The average Bonchev–Trinajstić information content (AvgIpc) is 2.41. The van der Waals surface area contributed by atoms with Crippen molar-refractivity contribution < 1.29 is 29.3 Å². The van der Waals surface area contributed by atoms with Gasteiger partial charge in [-0.15, -0.1) is 0 Å². The Morgan fingerprint density at radius 2 is 2.14 bits per heavy atom. The number of hydrogen-bond acceptors (Lipinski definition) is 7. The van der Waals surface area contributed by atoms with Crippen LogP contribution in [0.3, 0.4) is 0 Å². The molecule has 0 radical (unpaired) electrons. The predicted molar refractivity (Wildman–Crippen MR) is 73.0 cm³/mol. The largest absolute Gasteiger partial charge is 0.503 e. The van der Waals surface area contributed by atoms with E-state index in [0.717, 1.165) is 6.42 Å². The third-order valence-electron chi connectivity index (χ3n) is 3.69. The number of hydrogen-bond donors (Lipinski definition) is 2. The summed E-state index contributed by atoms with van der Waals surface area (Å²) in [6.45, 7) is 1.76. The monoisotopic (exact) mass is 297 g/mol. The Hall–Kier alpha value is -1.73. The third-order valence-corrected chi connectivity index (χ3v) is 3.69. The molecule has 0 aromatic heterocycles. The summed E-state index contributed by atoms with van der Waals surface area (Å²) in [5.41, 5.74) is -0.647. The number of aliphatic hydroxyl groups excluding tert-OH is 2. The van der Waals surface area contributed by atoms with E-state index in [1.54, 1.807) is 6.92 Å². The number of carbonyl (C=O) groups is 2. The van der Waals surface area contributed by atoms with Crippen molar-refractivity contribution >= 4 is 17.5 Å². The lowest BCUT2D eigenvalue weighted by Gasteiger charge is -2.43. The second-order valence-electron chi connectivity index (χ2n) is 5.00. The van der Waals surface area contributed by atoms with Gasteiger partial charge in [0.1, 0.15) is 5.60 Å². The first-order chi connectivity index (χ1) is 10.0. The van der Waals surface area contributed by atoms with Crippen LogP contribution in [0.1, 0.15) is 32.6 Å². The van der Waals surface area contributed by atoms with Gasteiger partial charge in [0.05, 0.1) is 32.0 Å². The Morgan fingerprint density at radius 3 is 2.67 bits per heavy atom. The van der Waals surface area contributed by atoms with E-state index in [0.29, 0.717) is 18.6 Å². The van der Waals surface area contributed by atoms with Crippen LogP contribution in [0.4, 0.5) is 0 Å². The Morgan fingerprint density at radius 1 is 1.43 bits per heavy atom. The van der Waals surface area contributed by atoms with Crippen molar-refractivity contribution in [1.29, 1.82) is 0 Å². The topological polar surface area (TPSA) is 105 Å². The Bertz CT molecular complexity index is 504. The molecule has 7 heteroatoms. The van der Waals surface area contributed by atoms with Crippen LogP contribution in [0.2, 0.25) is 0 Å². The molecule has 21 heavy (non-hydrogen) atoms. The van der Waals surface area contributed by atoms with E-state index in [1.807, 2.05) is 0 Å². The van der Waals surface area contributed by atoms with Crippen molar-refractivity contribution in [3.8, 4) is 0 Å². The van der Waals surface area contributed by atoms with Gasteiger partial charge in [0.25, 0.3) is 0 Å². The molecule has 0 unspecified atom stereocenters. The minimum Gasteiger partial charge on any atom is -0.503 e. The van der Waals surface area contributed by atoms with E-state index in [9.17, 15) is 14.7 Å². The van der Waals surface area contributed by atoms with Crippen molar-refractivity contribution in [2.75, 3.05) is 19.8 Å². The fourth-order valence-corrected chi connectivity index (χ4v) is 2.46. The number of Topliss-reactive ketones (excluding diaryl/α,β-unsaturated/α-hetero) is 1. The summed E-state index contributed by atoms with van der Waals surface area (Å²) in [6.07, 6.45) is 2.19. The number of aliphatic imine (C=N–C) groups is 1. The molecule has 0 spiro atoms. The van der Waals surface area contributed by atoms with Crippen molar-refractivity contribution in [3.05, 3.63) is 11.5 Å². The first kappa shape index (κ1) is 15.7. The minimum atomic E-state index is -0.822. The molecule has 0 aromatic carbocycles. The van der Waals surface area contributed by atoms with Gasteiger partial charge in [-0.05, 0) is 26.2 Å². The molecule has 0 atom stereocenters. The van der Waals surface area contributed by atoms with Crippen LogP contribution in [0.15, 0.2) is 16.4 Å². The predicted octanol–water partition coefficient (Wildman–Crippen LogP) is 0.664. The first-order valence-corrected chi connectivity index (χ1v) is 7.00. The normalized spacial score (nSPS) is 20.9. The highest BCUT2D eigenvalue weighted by Crippen LogP contribution is 2.39. The molecule has 0 amide bonds. The number of allylic oxidation sites excluding steroid dienone is 1. The summed E-state index contributed by atoms with van der Waals surface area (Å²) < 4.78 is 10.4. The maximum atomic E-state index is 11.9. The molecule has 7 nitrogen and oxygen atoms in total. The van der Waals surface area contributed by atoms with Crippen LogP contribution in [0.25, 0.3) is 0 Å². The van der Waals surface area contributed by atoms with Gasteiger partial charge in [-0.25, -0.2) is 9.79 Å². The number of ether oxygens (including phenoxy) is 2. The second-order valence-corrected chi connectivity index (χ2v) is 5.00. The van der Waals surface area contributed by atoms with Gasteiger partial charge in [0.2, 0.25) is 5.78 Å². The SMILES string of the molecule is CCOC(=O)C1=C(O)C(=O)CC(C2(OCCO)CCC2)=N1. The maximum Gasteiger partial charge on any atom is 0.360 e. The van der Waals surface area contributed by atoms with Crippen molar-refractivity contribution in [2.24, 2.45) is 4.99 Å². The molecule has 1 aliphatic heterocycles. The van der Waals surface area contributed by atoms with E-state index in [4.69, 9.17) is 14.6 Å². The number of rotatable bonds is 6. The molecule has 0 aromatic rings. The molecule has 0 bridgehead atoms. The van der Waals surface area contributed by atoms with Crippen LogP contribution in [0.5, 0.6) is 0 Å². The smallest absolute Gasteiger partial charge is 0.360 e. The van der Waals surface area contributed by atoms with E-state index < -0.39 is 23.1 Å². The lowest BCUT2D eigenvalue weighted by molar-refractivity contribution is -0.139. The van der Waals surface area contributed by atoms with Crippen LogP contribution in [-0.2, 0) is 19.1 Å². The number of carbonyl (C=O) groups excluding carboxylic acids is 2. The van der Waals surface area contributed by atoms with Crippen molar-refractivity contribution in [1.82, 2.24) is 0 Å². The summed E-state index contributed by atoms with van der Waals surface area (Å²) in [4.78, 5) is 27.8. The quantitative estimate of drug-likeness (QED) is 0.698. The summed E-state index contributed by atoms with van der Waals surface area (Å²) in [5, 5.41) is 18.6. The summed E-state index contributed by atoms with van der Waals surface area (Å²) in [7, 11) is 0. The van der Waals surface area contributed by atoms with E-state index in [-0.39, 0.29) is 31.9 Å². The van der Waals surface area contributed by atoms with Crippen molar-refractivity contribution in [3.63, 3.8) is 0 Å². The number of esters is 1. The maximum absolute atomic E-state index is 11.9. The number of aliphatic hydroxyl groups is 2. The van der Waals surface area contributed by atoms with E-state index in [1.165, 1.54) is 0 Å². The number of nitrogens with zero attached hydrogens (tertiary/aromatic N) is 1. The average molecular weight is 297 g/mol. The highest BCUT2D eigenvalue weighted by atomic mass is 16.5. The summed E-state index contributed by atoms with van der Waals surface area (Å²) in [5.74, 6) is -2.05. The van der Waals surface area contributed by atoms with Crippen LogP contribution in [0, 0.1) is 0 Å². The summed E-state index contributed by atoms with van der Waals surface area (Å²) >= 11 is 0. The lowest BCUT2D eigenvalue weighted by Crippen LogP contribution is -2.50. The lowest BCUT2D eigenvalue weighted by atomic mass is 9.74. The Balaban J connectivity index is 2.29. The molecule has 1 heterocycles. The standard InChI is InChI=1S/C14H19NO6/c1-2-20-13(19)11-12(18)9(17)8-10(15-11)14(4-3-5-14)21-7-6-16/h16,18H,2-8H2,1H3. The molecule has 1 saturated carbocycles. The Labute approximate surface area is 122 Å².